The van der Waals surface area contributed by atoms with E-state index in [1.165, 1.54) is 0 Å². The number of hydrogen-bond donors (Lipinski definition) is 0. The van der Waals surface area contributed by atoms with Crippen molar-refractivity contribution in [3.8, 4) is 5.75 Å². The molecule has 2 aromatic rings. The van der Waals surface area contributed by atoms with E-state index in [0.717, 1.165) is 5.75 Å². The van der Waals surface area contributed by atoms with Crippen molar-refractivity contribution in [2.24, 2.45) is 0 Å². The number of hydrogen-bond acceptors (Lipinski definition) is 3. The average Bonchev–Trinajstić information content (AvgIpc) is 2.82. The molecule has 4 nitrogen and oxygen atoms in total. The van der Waals surface area contributed by atoms with Crippen LogP contribution in [0.25, 0.3) is 0 Å². The Kier molecular flexibility index (Phi) is 4.72. The van der Waals surface area contributed by atoms with Crippen LogP contribution in [0.1, 0.15) is 10.4 Å². The largest absolute Gasteiger partial charge is 0.497 e. The van der Waals surface area contributed by atoms with Gasteiger partial charge in [0.1, 0.15) is 5.75 Å². The monoisotopic (exact) mass is 252 g/mol. The number of halogens is 1. The first-order valence-electron chi connectivity index (χ1n) is 4.92. The van der Waals surface area contributed by atoms with E-state index in [1.54, 1.807) is 54.7 Å². The molecular weight excluding hydrogens is 240 g/mol. The molecule has 90 valence electrons. The predicted molar refractivity (Wildman–Crippen MR) is 66.8 cm³/mol. The molecule has 0 aliphatic carbocycles. The van der Waals surface area contributed by atoms with Gasteiger partial charge in [-0.15, -0.1) is 12.4 Å². The number of methoxy groups -OCH3 is 1. The second kappa shape index (κ2) is 6.06. The van der Waals surface area contributed by atoms with Gasteiger partial charge in [0.05, 0.1) is 20.0 Å². The third-order valence-electron chi connectivity index (χ3n) is 2.30. The maximum Gasteiger partial charge on any atom is 0.182 e. The zero-order valence-corrected chi connectivity index (χ0v) is 10.2. The molecule has 1 aromatic carbocycles. The van der Waals surface area contributed by atoms with Gasteiger partial charge < -0.3 is 9.30 Å². The summed E-state index contributed by atoms with van der Waals surface area (Å²) < 4.78 is 6.77. The van der Waals surface area contributed by atoms with E-state index in [9.17, 15) is 4.79 Å². The van der Waals surface area contributed by atoms with E-state index in [-0.39, 0.29) is 18.2 Å². The number of carbonyl (C=O) groups excluding carboxylic acids is 1. The molecule has 1 heterocycles. The van der Waals surface area contributed by atoms with Crippen LogP contribution in [0.5, 0.6) is 5.75 Å². The minimum absolute atomic E-state index is 0. The molecule has 0 aliphatic rings. The average molecular weight is 253 g/mol. The lowest BCUT2D eigenvalue weighted by molar-refractivity contribution is 0.0972. The fourth-order valence-corrected chi connectivity index (χ4v) is 1.41. The summed E-state index contributed by atoms with van der Waals surface area (Å²) in [5.41, 5.74) is 0.675. The van der Waals surface area contributed by atoms with Crippen LogP contribution in [0.2, 0.25) is 0 Å². The van der Waals surface area contributed by atoms with E-state index in [0.29, 0.717) is 12.1 Å². The van der Waals surface area contributed by atoms with Crippen molar-refractivity contribution < 1.29 is 9.53 Å². The van der Waals surface area contributed by atoms with Crippen LogP contribution >= 0.6 is 12.4 Å². The molecule has 1 aromatic heterocycles. The molecule has 0 saturated carbocycles. The van der Waals surface area contributed by atoms with Crippen LogP contribution in [-0.2, 0) is 6.54 Å². The summed E-state index contributed by atoms with van der Waals surface area (Å²) >= 11 is 0. The number of ketones is 1. The summed E-state index contributed by atoms with van der Waals surface area (Å²) in [4.78, 5) is 15.7. The maximum absolute atomic E-state index is 11.8. The molecule has 0 saturated heterocycles. The Morgan fingerprint density at radius 3 is 2.59 bits per heavy atom. The van der Waals surface area contributed by atoms with E-state index >= 15 is 0 Å². The van der Waals surface area contributed by atoms with E-state index in [1.807, 2.05) is 0 Å². The Bertz CT molecular complexity index is 466. The van der Waals surface area contributed by atoms with Gasteiger partial charge in [-0.25, -0.2) is 4.98 Å². The van der Waals surface area contributed by atoms with E-state index in [4.69, 9.17) is 4.74 Å². The zero-order chi connectivity index (χ0) is 11.4. The van der Waals surface area contributed by atoms with Crippen molar-refractivity contribution in [3.63, 3.8) is 0 Å². The summed E-state index contributed by atoms with van der Waals surface area (Å²) in [6.45, 7) is 0.312. The normalized spacial score (nSPS) is 9.47. The molecule has 17 heavy (non-hydrogen) atoms. The molecule has 0 amide bonds. The van der Waals surface area contributed by atoms with Crippen LogP contribution in [0.15, 0.2) is 43.0 Å². The summed E-state index contributed by atoms with van der Waals surface area (Å²) in [7, 11) is 1.60. The molecule has 0 spiro atoms. The van der Waals surface area contributed by atoms with Gasteiger partial charge in [-0.05, 0) is 24.3 Å². The van der Waals surface area contributed by atoms with Gasteiger partial charge in [-0.1, -0.05) is 0 Å². The van der Waals surface area contributed by atoms with Crippen LogP contribution < -0.4 is 4.74 Å². The lowest BCUT2D eigenvalue weighted by Gasteiger charge is -2.03. The molecule has 0 atom stereocenters. The Morgan fingerprint density at radius 1 is 1.35 bits per heavy atom. The number of benzene rings is 1. The molecule has 0 unspecified atom stereocenters. The van der Waals surface area contributed by atoms with Crippen molar-refractivity contribution >= 4 is 18.2 Å². The van der Waals surface area contributed by atoms with Gasteiger partial charge in [0.15, 0.2) is 5.78 Å². The highest BCUT2D eigenvalue weighted by Gasteiger charge is 2.06. The number of rotatable bonds is 4. The van der Waals surface area contributed by atoms with E-state index < -0.39 is 0 Å². The molecule has 0 N–H and O–H groups in total. The number of nitrogens with zero attached hydrogens (tertiary/aromatic N) is 2. The molecule has 0 radical (unpaired) electrons. The first kappa shape index (κ1) is 13.3. The molecule has 5 heteroatoms. The standard InChI is InChI=1S/C12H12N2O2.ClH/c1-16-11-4-2-10(3-5-11)12(15)8-14-7-6-13-9-14;/h2-7,9H,8H2,1H3;1H. The number of Topliss-reactive ketones (excluding diaryl/α,β-unsaturated/α-hetero) is 1. The van der Waals surface area contributed by atoms with Gasteiger partial charge in [0.25, 0.3) is 0 Å². The third kappa shape index (κ3) is 3.32. The Balaban J connectivity index is 0.00000144. The van der Waals surface area contributed by atoms with Crippen molar-refractivity contribution in [1.29, 1.82) is 0 Å². The van der Waals surface area contributed by atoms with E-state index in [2.05, 4.69) is 4.98 Å². The number of aromatic nitrogens is 2. The Labute approximate surface area is 106 Å². The van der Waals surface area contributed by atoms with Crippen LogP contribution in [-0.4, -0.2) is 22.4 Å². The first-order valence-corrected chi connectivity index (χ1v) is 4.92. The molecule has 0 bridgehead atoms. The third-order valence-corrected chi connectivity index (χ3v) is 2.30. The van der Waals surface area contributed by atoms with Crippen molar-refractivity contribution in [3.05, 3.63) is 48.5 Å². The Morgan fingerprint density at radius 2 is 2.06 bits per heavy atom. The van der Waals surface area contributed by atoms with Gasteiger partial charge in [-0.3, -0.25) is 4.79 Å². The second-order valence-electron chi connectivity index (χ2n) is 3.39. The van der Waals surface area contributed by atoms with Crippen LogP contribution in [0.3, 0.4) is 0 Å². The highest BCUT2D eigenvalue weighted by Crippen LogP contribution is 2.12. The molecule has 0 aliphatic heterocycles. The minimum atomic E-state index is 0. The summed E-state index contributed by atoms with van der Waals surface area (Å²) in [5, 5.41) is 0. The fourth-order valence-electron chi connectivity index (χ4n) is 1.41. The Hall–Kier alpha value is -1.81. The fraction of sp³-hybridized carbons (Fsp3) is 0.167. The molecule has 0 fully saturated rings. The van der Waals surface area contributed by atoms with Crippen LogP contribution in [0.4, 0.5) is 0 Å². The van der Waals surface area contributed by atoms with Gasteiger partial charge >= 0.3 is 0 Å². The number of imidazole rings is 1. The van der Waals surface area contributed by atoms with Gasteiger partial charge in [0, 0.05) is 18.0 Å². The van der Waals surface area contributed by atoms with Gasteiger partial charge in [-0.2, -0.15) is 0 Å². The predicted octanol–water partition coefficient (Wildman–Crippen LogP) is 2.20. The lowest BCUT2D eigenvalue weighted by atomic mass is 10.1. The molecular formula is C12H13ClN2O2. The summed E-state index contributed by atoms with van der Waals surface area (Å²) in [6.07, 6.45) is 5.05. The number of ether oxygens (including phenoxy) is 1. The van der Waals surface area contributed by atoms with Crippen molar-refractivity contribution in [2.75, 3.05) is 7.11 Å². The number of carbonyl (C=O) groups is 1. The zero-order valence-electron chi connectivity index (χ0n) is 9.37. The van der Waals surface area contributed by atoms with Crippen LogP contribution in [0, 0.1) is 0 Å². The van der Waals surface area contributed by atoms with Crippen molar-refractivity contribution in [1.82, 2.24) is 9.55 Å². The molecule has 2 rings (SSSR count). The second-order valence-corrected chi connectivity index (χ2v) is 3.39. The highest BCUT2D eigenvalue weighted by molar-refractivity contribution is 5.95. The maximum atomic E-state index is 11.8. The minimum Gasteiger partial charge on any atom is -0.497 e. The van der Waals surface area contributed by atoms with Crippen molar-refractivity contribution in [2.45, 2.75) is 6.54 Å². The smallest absolute Gasteiger partial charge is 0.182 e. The lowest BCUT2D eigenvalue weighted by Crippen LogP contribution is -2.08. The highest BCUT2D eigenvalue weighted by atomic mass is 35.5. The van der Waals surface area contributed by atoms with Gasteiger partial charge in [0.2, 0.25) is 0 Å². The quantitative estimate of drug-likeness (QED) is 0.784. The summed E-state index contributed by atoms with van der Waals surface area (Å²) in [6, 6.07) is 7.08. The first-order chi connectivity index (χ1) is 7.79. The summed E-state index contributed by atoms with van der Waals surface area (Å²) in [5.74, 6) is 0.805. The topological polar surface area (TPSA) is 44.1 Å². The SMILES string of the molecule is COc1ccc(C(=O)Cn2ccnc2)cc1.Cl.